The molecule has 0 bridgehead atoms. The Labute approximate surface area is 120 Å². The van der Waals surface area contributed by atoms with Gasteiger partial charge in [-0.15, -0.1) is 0 Å². The van der Waals surface area contributed by atoms with Crippen molar-refractivity contribution in [3.8, 4) is 0 Å². The van der Waals surface area contributed by atoms with Crippen molar-refractivity contribution >= 4 is 44.3 Å². The highest BCUT2D eigenvalue weighted by atomic mass is 127. The zero-order valence-electron chi connectivity index (χ0n) is 9.85. The van der Waals surface area contributed by atoms with Gasteiger partial charge in [0, 0.05) is 9.26 Å². The van der Waals surface area contributed by atoms with E-state index in [1.165, 1.54) is 0 Å². The largest absolute Gasteiger partial charge is 0.466 e. The number of ether oxygens (including phenoxy) is 1. The van der Waals surface area contributed by atoms with E-state index in [2.05, 4.69) is 32.0 Å². The lowest BCUT2D eigenvalue weighted by Gasteiger charge is -2.07. The summed E-state index contributed by atoms with van der Waals surface area (Å²) in [5, 5.41) is 0. The maximum absolute atomic E-state index is 11.7. The lowest BCUT2D eigenvalue weighted by molar-refractivity contribution is -0.142. The molecular weight excluding hydrogens is 369 g/mol. The number of nitrogens with one attached hydrogen (secondary N) is 1. The highest BCUT2D eigenvalue weighted by molar-refractivity contribution is 14.1. The normalized spacial score (nSPS) is 11.0. The molecule has 7 heteroatoms. The van der Waals surface area contributed by atoms with Gasteiger partial charge in [0.15, 0.2) is 0 Å². The molecule has 0 unspecified atom stereocenters. The lowest BCUT2D eigenvalue weighted by atomic mass is 10.3. The Hall–Kier alpha value is -0.830. The Balaban J connectivity index is 2.54. The summed E-state index contributed by atoms with van der Waals surface area (Å²) in [6.45, 7) is 1.93. The van der Waals surface area contributed by atoms with Crippen LogP contribution in [0.5, 0.6) is 0 Å². The highest BCUT2D eigenvalue weighted by Crippen LogP contribution is 2.13. The first-order valence-electron chi connectivity index (χ1n) is 5.34. The molecule has 18 heavy (non-hydrogen) atoms. The number of benzene rings is 1. The van der Waals surface area contributed by atoms with E-state index in [-0.39, 0.29) is 18.8 Å². The number of hydrogen-bond donors (Lipinski definition) is 1. The maximum atomic E-state index is 11.7. The molecule has 0 heterocycles. The van der Waals surface area contributed by atoms with Crippen LogP contribution < -0.4 is 4.72 Å². The van der Waals surface area contributed by atoms with Crippen LogP contribution in [-0.4, -0.2) is 26.7 Å². The number of hydrogen-bond acceptors (Lipinski definition) is 4. The first-order valence-corrected chi connectivity index (χ1v) is 8.08. The summed E-state index contributed by atoms with van der Waals surface area (Å²) in [4.78, 5) is 11.1. The second-order valence-corrected chi connectivity index (χ2v) is 6.57. The number of carbonyl (C=O) groups excluding carboxylic acids is 1. The van der Waals surface area contributed by atoms with Crippen molar-refractivity contribution in [2.45, 2.75) is 13.3 Å². The summed E-state index contributed by atoms with van der Waals surface area (Å²) in [6, 6.07) is 6.93. The third-order valence-electron chi connectivity index (χ3n) is 2.00. The van der Waals surface area contributed by atoms with Crippen LogP contribution >= 0.6 is 22.6 Å². The highest BCUT2D eigenvalue weighted by Gasteiger charge is 2.13. The summed E-state index contributed by atoms with van der Waals surface area (Å²) in [7, 11) is -3.51. The van der Waals surface area contributed by atoms with E-state index in [4.69, 9.17) is 0 Å². The molecule has 0 spiro atoms. The molecule has 0 aliphatic carbocycles. The number of carbonyl (C=O) groups is 1. The van der Waals surface area contributed by atoms with Crippen LogP contribution in [0.1, 0.15) is 13.3 Å². The van der Waals surface area contributed by atoms with Crippen LogP contribution in [0.4, 0.5) is 5.69 Å². The number of rotatable bonds is 6. The fourth-order valence-electron chi connectivity index (χ4n) is 1.20. The van der Waals surface area contributed by atoms with Crippen molar-refractivity contribution in [2.24, 2.45) is 0 Å². The predicted molar refractivity (Wildman–Crippen MR) is 77.8 cm³/mol. The Morgan fingerprint density at radius 1 is 1.33 bits per heavy atom. The molecule has 0 aliphatic rings. The molecule has 0 aromatic heterocycles. The Kier molecular flexibility index (Phi) is 5.86. The molecule has 0 saturated heterocycles. The molecule has 0 amide bonds. The second kappa shape index (κ2) is 6.93. The monoisotopic (exact) mass is 383 g/mol. The molecule has 1 aromatic carbocycles. The van der Waals surface area contributed by atoms with Gasteiger partial charge in [0.1, 0.15) is 0 Å². The van der Waals surface area contributed by atoms with E-state index in [0.717, 1.165) is 3.57 Å². The molecular formula is C11H14INO4S. The van der Waals surface area contributed by atoms with Crippen LogP contribution in [0.3, 0.4) is 0 Å². The third kappa shape index (κ3) is 5.67. The molecule has 0 fully saturated rings. The van der Waals surface area contributed by atoms with Gasteiger partial charge in [-0.1, -0.05) is 0 Å². The SMILES string of the molecule is CCOC(=O)CCS(=O)(=O)Nc1ccc(I)cc1. The third-order valence-corrected chi connectivity index (χ3v) is 4.01. The van der Waals surface area contributed by atoms with Gasteiger partial charge in [-0.05, 0) is 53.8 Å². The molecule has 5 nitrogen and oxygen atoms in total. The van der Waals surface area contributed by atoms with Crippen LogP contribution in [0.25, 0.3) is 0 Å². The summed E-state index contributed by atoms with van der Waals surface area (Å²) < 4.78 is 31.4. The fourth-order valence-corrected chi connectivity index (χ4v) is 2.59. The molecule has 0 radical (unpaired) electrons. The van der Waals surface area contributed by atoms with Crippen LogP contribution in [0.15, 0.2) is 24.3 Å². The second-order valence-electron chi connectivity index (χ2n) is 3.48. The van der Waals surface area contributed by atoms with E-state index in [1.54, 1.807) is 31.2 Å². The van der Waals surface area contributed by atoms with Crippen molar-refractivity contribution in [2.75, 3.05) is 17.1 Å². The quantitative estimate of drug-likeness (QED) is 0.603. The van der Waals surface area contributed by atoms with Gasteiger partial charge in [0.05, 0.1) is 18.8 Å². The molecule has 100 valence electrons. The molecule has 1 N–H and O–H groups in total. The van der Waals surface area contributed by atoms with Gasteiger partial charge >= 0.3 is 5.97 Å². The number of anilines is 1. The number of sulfonamides is 1. The number of esters is 1. The van der Waals surface area contributed by atoms with Gasteiger partial charge in [-0.3, -0.25) is 9.52 Å². The van der Waals surface area contributed by atoms with E-state index in [1.807, 2.05) is 0 Å². The Morgan fingerprint density at radius 3 is 2.50 bits per heavy atom. The van der Waals surface area contributed by atoms with Crippen LogP contribution in [-0.2, 0) is 19.6 Å². The smallest absolute Gasteiger partial charge is 0.306 e. The predicted octanol–water partition coefficient (Wildman–Crippen LogP) is 1.99. The van der Waals surface area contributed by atoms with Crippen molar-refractivity contribution in [1.82, 2.24) is 0 Å². The molecule has 0 aliphatic heterocycles. The van der Waals surface area contributed by atoms with Crippen molar-refractivity contribution in [1.29, 1.82) is 0 Å². The first-order chi connectivity index (χ1) is 8.43. The average Bonchev–Trinajstić information content (AvgIpc) is 2.30. The molecule has 1 aromatic rings. The minimum absolute atomic E-state index is 0.145. The van der Waals surface area contributed by atoms with E-state index < -0.39 is 16.0 Å². The summed E-state index contributed by atoms with van der Waals surface area (Å²) in [5.74, 6) is -0.789. The molecule has 1 rings (SSSR count). The van der Waals surface area contributed by atoms with Gasteiger partial charge in [0.2, 0.25) is 10.0 Å². The zero-order chi connectivity index (χ0) is 13.6. The van der Waals surface area contributed by atoms with E-state index in [0.29, 0.717) is 5.69 Å². The number of halogens is 1. The Bertz CT molecular complexity index is 498. The van der Waals surface area contributed by atoms with Gasteiger partial charge in [-0.2, -0.15) is 0 Å². The van der Waals surface area contributed by atoms with Gasteiger partial charge in [0.25, 0.3) is 0 Å². The zero-order valence-corrected chi connectivity index (χ0v) is 12.8. The summed E-state index contributed by atoms with van der Waals surface area (Å²) in [6.07, 6.45) is -0.145. The van der Waals surface area contributed by atoms with Crippen LogP contribution in [0.2, 0.25) is 0 Å². The summed E-state index contributed by atoms with van der Waals surface area (Å²) >= 11 is 2.13. The van der Waals surface area contributed by atoms with E-state index >= 15 is 0 Å². The van der Waals surface area contributed by atoms with Crippen molar-refractivity contribution < 1.29 is 17.9 Å². The van der Waals surface area contributed by atoms with E-state index in [9.17, 15) is 13.2 Å². The Morgan fingerprint density at radius 2 is 1.94 bits per heavy atom. The average molecular weight is 383 g/mol. The fraction of sp³-hybridized carbons (Fsp3) is 0.364. The van der Waals surface area contributed by atoms with Crippen molar-refractivity contribution in [3.63, 3.8) is 0 Å². The summed E-state index contributed by atoms with van der Waals surface area (Å²) in [5.41, 5.74) is 0.485. The van der Waals surface area contributed by atoms with Crippen LogP contribution in [0, 0.1) is 3.57 Å². The minimum Gasteiger partial charge on any atom is -0.466 e. The first kappa shape index (κ1) is 15.2. The van der Waals surface area contributed by atoms with Gasteiger partial charge in [-0.25, -0.2) is 8.42 Å². The molecule has 0 saturated carbocycles. The standard InChI is InChI=1S/C11H14INO4S/c1-2-17-11(14)7-8-18(15,16)13-10-5-3-9(12)4-6-10/h3-6,13H,2,7-8H2,1H3. The van der Waals surface area contributed by atoms with Crippen molar-refractivity contribution in [3.05, 3.63) is 27.8 Å². The topological polar surface area (TPSA) is 72.5 Å². The molecule has 0 atom stereocenters. The maximum Gasteiger partial charge on any atom is 0.306 e. The minimum atomic E-state index is -3.51. The lowest BCUT2D eigenvalue weighted by Crippen LogP contribution is -2.19. The van der Waals surface area contributed by atoms with Gasteiger partial charge < -0.3 is 4.74 Å².